The quantitative estimate of drug-likeness (QED) is 0.815. The fourth-order valence-corrected chi connectivity index (χ4v) is 2.88. The first-order chi connectivity index (χ1) is 10.7. The first kappa shape index (κ1) is 14.4. The van der Waals surface area contributed by atoms with Crippen molar-refractivity contribution in [1.29, 1.82) is 0 Å². The zero-order valence-corrected chi connectivity index (χ0v) is 12.9. The van der Waals surface area contributed by atoms with Gasteiger partial charge in [-0.25, -0.2) is 0 Å². The zero-order valence-electron chi connectivity index (χ0n) is 12.1. The Labute approximate surface area is 133 Å². The van der Waals surface area contributed by atoms with E-state index in [1.165, 1.54) is 14.2 Å². The monoisotopic (exact) mass is 311 g/mol. The Bertz CT molecular complexity index is 797. The average molecular weight is 311 g/mol. The van der Waals surface area contributed by atoms with Crippen molar-refractivity contribution in [3.63, 3.8) is 0 Å². The van der Waals surface area contributed by atoms with Crippen LogP contribution in [0, 0.1) is 0 Å². The van der Waals surface area contributed by atoms with Crippen LogP contribution in [0.15, 0.2) is 54.1 Å². The van der Waals surface area contributed by atoms with Crippen molar-refractivity contribution in [1.82, 2.24) is 4.98 Å². The number of carbonyl (C=O) groups is 1. The van der Waals surface area contributed by atoms with Crippen molar-refractivity contribution in [2.24, 2.45) is 0 Å². The number of pyridine rings is 1. The molecular formula is C17H13NO3S. The molecule has 0 radical (unpaired) electrons. The highest BCUT2D eigenvalue weighted by molar-refractivity contribution is 7.81. The van der Waals surface area contributed by atoms with Crippen LogP contribution in [0.2, 0.25) is 0 Å². The molecule has 0 spiro atoms. The van der Waals surface area contributed by atoms with E-state index >= 15 is 0 Å². The van der Waals surface area contributed by atoms with Crippen molar-refractivity contribution in [2.75, 3.05) is 14.2 Å². The van der Waals surface area contributed by atoms with E-state index in [4.69, 9.17) is 21.7 Å². The number of fused-ring (bicyclic) bond motifs is 1. The molecule has 0 atom stereocenters. The summed E-state index contributed by atoms with van der Waals surface area (Å²) in [5.41, 5.74) is 2.62. The Morgan fingerprint density at radius 2 is 1.68 bits per heavy atom. The van der Waals surface area contributed by atoms with Gasteiger partial charge in [0.05, 0.1) is 24.8 Å². The van der Waals surface area contributed by atoms with Gasteiger partial charge in [-0.3, -0.25) is 9.78 Å². The minimum absolute atomic E-state index is 0.128. The Morgan fingerprint density at radius 1 is 0.955 bits per heavy atom. The summed E-state index contributed by atoms with van der Waals surface area (Å²) in [5.74, 6) is 0.181. The molecule has 1 heterocycles. The number of methoxy groups -OCH3 is 2. The topological polar surface area (TPSA) is 48.4 Å². The maximum absolute atomic E-state index is 12.8. The molecule has 1 aliphatic rings. The van der Waals surface area contributed by atoms with Gasteiger partial charge in [0.1, 0.15) is 0 Å². The second kappa shape index (κ2) is 5.69. The number of hydrogen-bond donors (Lipinski definition) is 0. The van der Waals surface area contributed by atoms with Crippen LogP contribution in [0.25, 0.3) is 11.3 Å². The number of ether oxygens (including phenoxy) is 2. The van der Waals surface area contributed by atoms with Crippen molar-refractivity contribution in [2.45, 2.75) is 0 Å². The lowest BCUT2D eigenvalue weighted by Gasteiger charge is -2.22. The van der Waals surface area contributed by atoms with Gasteiger partial charge in [0.15, 0.2) is 5.76 Å². The summed E-state index contributed by atoms with van der Waals surface area (Å²) in [7, 11) is 2.91. The highest BCUT2D eigenvalue weighted by atomic mass is 32.1. The van der Waals surface area contributed by atoms with Crippen LogP contribution in [-0.4, -0.2) is 29.9 Å². The molecule has 22 heavy (non-hydrogen) atoms. The van der Waals surface area contributed by atoms with E-state index in [2.05, 4.69) is 4.98 Å². The minimum Gasteiger partial charge on any atom is -0.491 e. The predicted octanol–water partition coefficient (Wildman–Crippen LogP) is 3.17. The Hall–Kier alpha value is -2.53. The number of aromatic nitrogens is 1. The molecule has 4 nitrogen and oxygen atoms in total. The molecule has 0 aliphatic heterocycles. The maximum Gasteiger partial charge on any atom is 0.232 e. The molecule has 5 heteroatoms. The average Bonchev–Trinajstić information content (AvgIpc) is 2.58. The highest BCUT2D eigenvalue weighted by Gasteiger charge is 2.34. The van der Waals surface area contributed by atoms with Crippen LogP contribution >= 0.6 is 12.2 Å². The molecule has 2 aromatic rings. The summed E-state index contributed by atoms with van der Waals surface area (Å²) >= 11 is 5.45. The first-order valence-corrected chi connectivity index (χ1v) is 7.06. The lowest BCUT2D eigenvalue weighted by atomic mass is 9.88. The summed E-state index contributed by atoms with van der Waals surface area (Å²) in [6.07, 6.45) is 1.69. The van der Waals surface area contributed by atoms with Gasteiger partial charge in [0, 0.05) is 22.9 Å². The molecule has 110 valence electrons. The molecule has 0 saturated carbocycles. The van der Waals surface area contributed by atoms with Gasteiger partial charge < -0.3 is 9.47 Å². The fraction of sp³-hybridized carbons (Fsp3) is 0.118. The molecule has 0 saturated heterocycles. The van der Waals surface area contributed by atoms with E-state index in [1.807, 2.05) is 36.4 Å². The summed E-state index contributed by atoms with van der Waals surface area (Å²) in [6, 6.07) is 11.1. The van der Waals surface area contributed by atoms with Gasteiger partial charge in [-0.1, -0.05) is 36.5 Å². The summed E-state index contributed by atoms with van der Waals surface area (Å²) in [4.78, 5) is 17.6. The van der Waals surface area contributed by atoms with Crippen LogP contribution < -0.4 is 0 Å². The summed E-state index contributed by atoms with van der Waals surface area (Å²) < 4.78 is 10.5. The van der Waals surface area contributed by atoms with Gasteiger partial charge in [0.25, 0.3) is 0 Å². The van der Waals surface area contributed by atoms with E-state index in [-0.39, 0.29) is 11.5 Å². The van der Waals surface area contributed by atoms with Crippen LogP contribution in [0.4, 0.5) is 0 Å². The third kappa shape index (κ3) is 2.10. The van der Waals surface area contributed by atoms with Crippen molar-refractivity contribution < 1.29 is 14.3 Å². The number of nitrogens with zero attached hydrogens (tertiary/aromatic N) is 1. The van der Waals surface area contributed by atoms with Gasteiger partial charge in [-0.05, 0) is 12.1 Å². The molecule has 0 N–H and O–H groups in total. The van der Waals surface area contributed by atoms with E-state index in [9.17, 15) is 4.79 Å². The third-order valence-corrected chi connectivity index (χ3v) is 3.91. The summed E-state index contributed by atoms with van der Waals surface area (Å²) in [6.45, 7) is 0. The highest BCUT2D eigenvalue weighted by Crippen LogP contribution is 2.34. The first-order valence-electron chi connectivity index (χ1n) is 6.65. The Kier molecular flexibility index (Phi) is 3.73. The molecule has 3 rings (SSSR count). The van der Waals surface area contributed by atoms with Crippen LogP contribution in [-0.2, 0) is 9.47 Å². The molecule has 0 amide bonds. The van der Waals surface area contributed by atoms with E-state index < -0.39 is 0 Å². The number of thiocarbonyl (C=S) groups is 1. The number of rotatable bonds is 3. The lowest BCUT2D eigenvalue weighted by Crippen LogP contribution is -2.24. The lowest BCUT2D eigenvalue weighted by molar-refractivity contribution is 0.0932. The smallest absolute Gasteiger partial charge is 0.232 e. The predicted molar refractivity (Wildman–Crippen MR) is 86.7 cm³/mol. The second-order valence-electron chi connectivity index (χ2n) is 4.67. The number of carbonyl (C=O) groups excluding carboxylic acids is 1. The van der Waals surface area contributed by atoms with Crippen molar-refractivity contribution in [3.05, 3.63) is 65.2 Å². The van der Waals surface area contributed by atoms with Crippen molar-refractivity contribution >= 4 is 22.9 Å². The molecule has 0 unspecified atom stereocenters. The maximum atomic E-state index is 12.8. The van der Waals surface area contributed by atoms with Crippen LogP contribution in [0.5, 0.6) is 0 Å². The molecular weight excluding hydrogens is 298 g/mol. The standard InChI is InChI=1S/C17H13NO3S/c1-20-15-14(19)13-10(12-8-3-4-9-18-12)6-5-7-11(13)17(22)16(15)21-2/h3-9H,1-2H3. The SMILES string of the molecule is COC1=C(OC)C(=S)c2cccc(-c3ccccn3)c2C1=O. The molecule has 1 aromatic heterocycles. The molecule has 0 bridgehead atoms. The minimum atomic E-state index is -0.246. The second-order valence-corrected chi connectivity index (χ2v) is 5.08. The number of Topliss-reactive ketones (excluding diaryl/α,β-unsaturated/α-hetero) is 1. The van der Waals surface area contributed by atoms with Gasteiger partial charge in [-0.15, -0.1) is 0 Å². The largest absolute Gasteiger partial charge is 0.491 e. The third-order valence-electron chi connectivity index (χ3n) is 3.50. The molecule has 1 aromatic carbocycles. The van der Waals surface area contributed by atoms with Gasteiger partial charge in [-0.2, -0.15) is 0 Å². The van der Waals surface area contributed by atoms with Gasteiger partial charge in [0.2, 0.25) is 11.5 Å². The number of hydrogen-bond acceptors (Lipinski definition) is 5. The van der Waals surface area contributed by atoms with E-state index in [0.29, 0.717) is 27.4 Å². The normalized spacial score (nSPS) is 13.9. The van der Waals surface area contributed by atoms with Crippen molar-refractivity contribution in [3.8, 4) is 11.3 Å². The number of benzene rings is 1. The van der Waals surface area contributed by atoms with Gasteiger partial charge >= 0.3 is 0 Å². The molecule has 0 fully saturated rings. The Balaban J connectivity index is 2.28. The zero-order chi connectivity index (χ0) is 15.7. The van der Waals surface area contributed by atoms with E-state index in [1.54, 1.807) is 6.20 Å². The van der Waals surface area contributed by atoms with Crippen LogP contribution in [0.3, 0.4) is 0 Å². The Morgan fingerprint density at radius 3 is 2.32 bits per heavy atom. The number of allylic oxidation sites excluding steroid dienone is 2. The van der Waals surface area contributed by atoms with Crippen LogP contribution in [0.1, 0.15) is 15.9 Å². The number of ketones is 1. The summed E-state index contributed by atoms with van der Waals surface area (Å²) in [5, 5.41) is 0. The van der Waals surface area contributed by atoms with E-state index in [0.717, 1.165) is 5.56 Å². The fourth-order valence-electron chi connectivity index (χ4n) is 2.53. The molecule has 1 aliphatic carbocycles.